The van der Waals surface area contributed by atoms with Crippen molar-refractivity contribution in [1.82, 2.24) is 19.6 Å². The second-order valence-electron chi connectivity index (χ2n) is 8.49. The highest BCUT2D eigenvalue weighted by Gasteiger charge is 2.30. The summed E-state index contributed by atoms with van der Waals surface area (Å²) >= 11 is 0. The Balaban J connectivity index is 1.39. The third kappa shape index (κ3) is 4.25. The van der Waals surface area contributed by atoms with Crippen molar-refractivity contribution in [2.24, 2.45) is 13.0 Å². The minimum absolute atomic E-state index is 0.00646. The molecule has 2 saturated heterocycles. The monoisotopic (exact) mass is 410 g/mol. The molecule has 160 valence electrons. The van der Waals surface area contributed by atoms with Crippen molar-refractivity contribution < 1.29 is 9.59 Å². The number of nitrogens with zero attached hydrogens (tertiary/aromatic N) is 4. The number of amides is 2. The minimum atomic E-state index is -0.158. The third-order valence-electron chi connectivity index (χ3n) is 6.47. The van der Waals surface area contributed by atoms with Gasteiger partial charge >= 0.3 is 0 Å². The van der Waals surface area contributed by atoms with E-state index in [9.17, 15) is 14.4 Å². The summed E-state index contributed by atoms with van der Waals surface area (Å²) in [6, 6.07) is 7.30. The first-order valence-corrected chi connectivity index (χ1v) is 11.1. The fraction of sp³-hybridized carbons (Fsp3) is 0.565. The van der Waals surface area contributed by atoms with Gasteiger partial charge in [-0.3, -0.25) is 14.4 Å². The van der Waals surface area contributed by atoms with Crippen molar-refractivity contribution in [2.45, 2.75) is 44.9 Å². The lowest BCUT2D eigenvalue weighted by Crippen LogP contribution is -2.45. The highest BCUT2D eigenvalue weighted by molar-refractivity contribution is 5.88. The Morgan fingerprint density at radius 2 is 1.57 bits per heavy atom. The molecule has 2 aliphatic rings. The van der Waals surface area contributed by atoms with E-state index in [0.29, 0.717) is 24.2 Å². The number of fused-ring (bicyclic) bond motifs is 1. The van der Waals surface area contributed by atoms with E-state index in [0.717, 1.165) is 44.2 Å². The van der Waals surface area contributed by atoms with Crippen LogP contribution in [-0.2, 0) is 23.1 Å². The molecule has 0 radical (unpaired) electrons. The van der Waals surface area contributed by atoms with Crippen molar-refractivity contribution >= 4 is 22.6 Å². The van der Waals surface area contributed by atoms with Crippen LogP contribution in [0, 0.1) is 5.92 Å². The molecule has 0 saturated carbocycles. The zero-order chi connectivity index (χ0) is 21.1. The van der Waals surface area contributed by atoms with E-state index in [1.165, 1.54) is 17.5 Å². The van der Waals surface area contributed by atoms with Gasteiger partial charge in [0.25, 0.3) is 5.56 Å². The number of aromatic nitrogens is 2. The second-order valence-corrected chi connectivity index (χ2v) is 8.49. The van der Waals surface area contributed by atoms with Gasteiger partial charge in [-0.25, -0.2) is 4.68 Å². The Kier molecular flexibility index (Phi) is 6.16. The van der Waals surface area contributed by atoms with Crippen LogP contribution in [0.5, 0.6) is 0 Å². The van der Waals surface area contributed by atoms with Crippen LogP contribution in [-0.4, -0.2) is 57.6 Å². The van der Waals surface area contributed by atoms with Crippen LogP contribution in [0.25, 0.3) is 10.8 Å². The molecular weight excluding hydrogens is 380 g/mol. The molecule has 0 aliphatic carbocycles. The number of carbonyl (C=O) groups is 2. The van der Waals surface area contributed by atoms with Gasteiger partial charge in [0.2, 0.25) is 11.8 Å². The maximum atomic E-state index is 12.9. The van der Waals surface area contributed by atoms with Crippen LogP contribution >= 0.6 is 0 Å². The lowest BCUT2D eigenvalue weighted by molar-refractivity contribution is -0.140. The Hall–Kier alpha value is -2.70. The van der Waals surface area contributed by atoms with E-state index < -0.39 is 0 Å². The maximum Gasteiger partial charge on any atom is 0.274 e. The molecule has 2 fully saturated rings. The van der Waals surface area contributed by atoms with Gasteiger partial charge in [0.15, 0.2) is 0 Å². The molecular formula is C23H30N4O3. The summed E-state index contributed by atoms with van der Waals surface area (Å²) in [5, 5.41) is 5.66. The Labute approximate surface area is 176 Å². The molecule has 3 heterocycles. The molecule has 4 rings (SSSR count). The van der Waals surface area contributed by atoms with Gasteiger partial charge in [0.1, 0.15) is 0 Å². The fourth-order valence-corrected chi connectivity index (χ4v) is 4.69. The van der Waals surface area contributed by atoms with Gasteiger partial charge in [0, 0.05) is 44.5 Å². The van der Waals surface area contributed by atoms with E-state index >= 15 is 0 Å². The Bertz CT molecular complexity index is 984. The number of aryl methyl sites for hydroxylation is 1. The topological polar surface area (TPSA) is 75.5 Å². The first-order chi connectivity index (χ1) is 14.5. The molecule has 2 aromatic rings. The van der Waals surface area contributed by atoms with Gasteiger partial charge in [-0.2, -0.15) is 5.10 Å². The molecule has 2 aliphatic heterocycles. The average molecular weight is 411 g/mol. The molecule has 7 heteroatoms. The van der Waals surface area contributed by atoms with E-state index in [2.05, 4.69) is 5.10 Å². The first kappa shape index (κ1) is 20.6. The largest absolute Gasteiger partial charge is 0.342 e. The normalized spacial score (nSPS) is 18.4. The molecule has 30 heavy (non-hydrogen) atoms. The van der Waals surface area contributed by atoms with Crippen molar-refractivity contribution in [1.29, 1.82) is 0 Å². The zero-order valence-corrected chi connectivity index (χ0v) is 17.7. The molecule has 0 spiro atoms. The molecule has 0 bridgehead atoms. The van der Waals surface area contributed by atoms with E-state index in [-0.39, 0.29) is 29.7 Å². The zero-order valence-electron chi connectivity index (χ0n) is 17.7. The number of likely N-dealkylation sites (tertiary alicyclic amines) is 2. The van der Waals surface area contributed by atoms with Crippen LogP contribution in [0.15, 0.2) is 29.1 Å². The van der Waals surface area contributed by atoms with Crippen LogP contribution in [0.1, 0.15) is 44.2 Å². The van der Waals surface area contributed by atoms with E-state index in [1.807, 2.05) is 28.0 Å². The smallest absolute Gasteiger partial charge is 0.274 e. The molecule has 0 atom stereocenters. The number of hydrogen-bond acceptors (Lipinski definition) is 4. The van der Waals surface area contributed by atoms with Crippen LogP contribution in [0.3, 0.4) is 0 Å². The summed E-state index contributed by atoms with van der Waals surface area (Å²) in [5.41, 5.74) is 0.468. The Morgan fingerprint density at radius 1 is 0.933 bits per heavy atom. The standard InChI is InChI=1S/C23H30N4O3/c1-25-23(30)19-9-5-4-8-18(19)20(24-25)16-21(28)26-14-10-17(11-15-26)22(29)27-12-6-2-3-7-13-27/h4-5,8-9,17H,2-3,6-7,10-16H2,1H3. The number of hydrogen-bond donors (Lipinski definition) is 0. The van der Waals surface area contributed by atoms with Crippen LogP contribution in [0.2, 0.25) is 0 Å². The van der Waals surface area contributed by atoms with Gasteiger partial charge in [-0.1, -0.05) is 31.0 Å². The van der Waals surface area contributed by atoms with Crippen LogP contribution < -0.4 is 5.56 Å². The predicted molar refractivity (Wildman–Crippen MR) is 115 cm³/mol. The summed E-state index contributed by atoms with van der Waals surface area (Å²) in [7, 11) is 1.61. The minimum Gasteiger partial charge on any atom is -0.342 e. The maximum absolute atomic E-state index is 12.9. The third-order valence-corrected chi connectivity index (χ3v) is 6.47. The Morgan fingerprint density at radius 3 is 2.23 bits per heavy atom. The van der Waals surface area contributed by atoms with Gasteiger partial charge in [-0.05, 0) is 31.7 Å². The molecule has 1 aromatic heterocycles. The summed E-state index contributed by atoms with van der Waals surface area (Å²) in [5.74, 6) is 0.311. The highest BCUT2D eigenvalue weighted by atomic mass is 16.2. The molecule has 0 unspecified atom stereocenters. The van der Waals surface area contributed by atoms with Gasteiger partial charge in [0.05, 0.1) is 17.5 Å². The van der Waals surface area contributed by atoms with E-state index in [1.54, 1.807) is 13.1 Å². The number of benzene rings is 1. The molecule has 0 N–H and O–H groups in total. The quantitative estimate of drug-likeness (QED) is 0.777. The van der Waals surface area contributed by atoms with Crippen molar-refractivity contribution in [3.63, 3.8) is 0 Å². The average Bonchev–Trinajstić information content (AvgIpc) is 3.06. The predicted octanol–water partition coefficient (Wildman–Crippen LogP) is 2.12. The summed E-state index contributed by atoms with van der Waals surface area (Å²) in [6.07, 6.45) is 6.24. The van der Waals surface area contributed by atoms with Crippen molar-refractivity contribution in [3.8, 4) is 0 Å². The SMILES string of the molecule is Cn1nc(CC(=O)N2CCC(C(=O)N3CCCCCC3)CC2)c2ccccc2c1=O. The van der Waals surface area contributed by atoms with Crippen molar-refractivity contribution in [2.75, 3.05) is 26.2 Å². The molecule has 2 amide bonds. The summed E-state index contributed by atoms with van der Waals surface area (Å²) in [6.45, 7) is 2.96. The first-order valence-electron chi connectivity index (χ1n) is 11.1. The number of rotatable bonds is 3. The lowest BCUT2D eigenvalue weighted by Gasteiger charge is -2.34. The van der Waals surface area contributed by atoms with Crippen molar-refractivity contribution in [3.05, 3.63) is 40.3 Å². The summed E-state index contributed by atoms with van der Waals surface area (Å²) in [4.78, 5) is 42.0. The van der Waals surface area contributed by atoms with Gasteiger partial charge < -0.3 is 9.80 Å². The second kappa shape index (κ2) is 8.98. The highest BCUT2D eigenvalue weighted by Crippen LogP contribution is 2.23. The van der Waals surface area contributed by atoms with Crippen LogP contribution in [0.4, 0.5) is 0 Å². The number of carbonyl (C=O) groups excluding carboxylic acids is 2. The molecule has 7 nitrogen and oxygen atoms in total. The molecule has 1 aromatic carbocycles. The van der Waals surface area contributed by atoms with E-state index in [4.69, 9.17) is 0 Å². The lowest BCUT2D eigenvalue weighted by atomic mass is 9.94. The fourth-order valence-electron chi connectivity index (χ4n) is 4.69. The summed E-state index contributed by atoms with van der Waals surface area (Å²) < 4.78 is 1.30. The number of piperidine rings is 1. The van der Waals surface area contributed by atoms with Gasteiger partial charge in [-0.15, -0.1) is 0 Å².